The minimum Gasteiger partial charge on any atom is -0.484 e. The summed E-state index contributed by atoms with van der Waals surface area (Å²) in [7, 11) is 0. The first kappa shape index (κ1) is 15.1. The number of nitrogens with one attached hydrogen (secondary N) is 1. The first-order valence-corrected chi connectivity index (χ1v) is 6.24. The van der Waals surface area contributed by atoms with Crippen LogP contribution in [0.1, 0.15) is 27.2 Å². The first-order chi connectivity index (χ1) is 9.02. The van der Waals surface area contributed by atoms with Gasteiger partial charge in [-0.05, 0) is 31.4 Å². The quantitative estimate of drug-likeness (QED) is 0.636. The molecule has 1 atom stereocenters. The van der Waals surface area contributed by atoms with Crippen LogP contribution in [-0.4, -0.2) is 18.2 Å². The summed E-state index contributed by atoms with van der Waals surface area (Å²) in [5, 5.41) is 3.99. The van der Waals surface area contributed by atoms with Crippen molar-refractivity contribution in [2.45, 2.75) is 27.2 Å². The molecule has 0 spiro atoms. The van der Waals surface area contributed by atoms with Crippen LogP contribution in [0, 0.1) is 11.7 Å². The molecule has 5 heteroatoms. The number of amides is 1. The second-order valence-electron chi connectivity index (χ2n) is 4.34. The number of hydrogen-bond acceptors (Lipinski definition) is 3. The Hall–Kier alpha value is -1.91. The molecule has 0 saturated heterocycles. The van der Waals surface area contributed by atoms with E-state index in [4.69, 9.17) is 4.74 Å². The number of rotatable bonds is 6. The Kier molecular flexibility index (Phi) is 5.99. The van der Waals surface area contributed by atoms with Crippen LogP contribution in [0.25, 0.3) is 0 Å². The van der Waals surface area contributed by atoms with E-state index in [2.05, 4.69) is 17.5 Å². The van der Waals surface area contributed by atoms with E-state index in [9.17, 15) is 9.18 Å². The van der Waals surface area contributed by atoms with Crippen molar-refractivity contribution in [3.63, 3.8) is 0 Å². The molecule has 0 aliphatic rings. The van der Waals surface area contributed by atoms with Gasteiger partial charge in [-0.3, -0.25) is 4.79 Å². The molecule has 1 rings (SSSR count). The standard InChI is InChI=1S/C14H19FN2O2/c1-4-10(2)11(3)16-17-14(18)9-19-13-7-5-6-12(15)8-13/h5-8,10H,4,9H2,1-3H3,(H,17,18)/b16-11-/t10-/m1/s1. The minimum absolute atomic E-state index is 0.194. The molecule has 1 N–H and O–H groups in total. The van der Waals surface area contributed by atoms with Crippen LogP contribution < -0.4 is 10.2 Å². The van der Waals surface area contributed by atoms with E-state index in [1.54, 1.807) is 6.07 Å². The molecule has 0 bridgehead atoms. The maximum atomic E-state index is 12.9. The molecular weight excluding hydrogens is 247 g/mol. The van der Waals surface area contributed by atoms with Crippen molar-refractivity contribution in [2.24, 2.45) is 11.0 Å². The highest BCUT2D eigenvalue weighted by Crippen LogP contribution is 2.11. The Labute approximate surface area is 112 Å². The zero-order chi connectivity index (χ0) is 14.3. The Bertz CT molecular complexity index is 461. The van der Waals surface area contributed by atoms with Crippen LogP contribution >= 0.6 is 0 Å². The summed E-state index contributed by atoms with van der Waals surface area (Å²) < 4.78 is 18.0. The van der Waals surface area contributed by atoms with Crippen molar-refractivity contribution >= 4 is 11.6 Å². The van der Waals surface area contributed by atoms with Gasteiger partial charge in [0.2, 0.25) is 0 Å². The Morgan fingerprint density at radius 2 is 2.26 bits per heavy atom. The lowest BCUT2D eigenvalue weighted by Gasteiger charge is -2.08. The van der Waals surface area contributed by atoms with E-state index in [0.717, 1.165) is 12.1 Å². The van der Waals surface area contributed by atoms with Gasteiger partial charge in [0.25, 0.3) is 5.91 Å². The summed E-state index contributed by atoms with van der Waals surface area (Å²) in [6.07, 6.45) is 0.963. The fraction of sp³-hybridized carbons (Fsp3) is 0.429. The zero-order valence-electron chi connectivity index (χ0n) is 11.4. The van der Waals surface area contributed by atoms with Crippen molar-refractivity contribution in [1.82, 2.24) is 5.43 Å². The van der Waals surface area contributed by atoms with Crippen molar-refractivity contribution in [1.29, 1.82) is 0 Å². The van der Waals surface area contributed by atoms with Crippen LogP contribution in [0.15, 0.2) is 29.4 Å². The summed E-state index contributed by atoms with van der Waals surface area (Å²) in [5.74, 6) is -0.127. The van der Waals surface area contributed by atoms with E-state index in [0.29, 0.717) is 11.7 Å². The van der Waals surface area contributed by atoms with E-state index in [1.807, 2.05) is 13.8 Å². The third kappa shape index (κ3) is 5.50. The molecule has 0 heterocycles. The first-order valence-electron chi connectivity index (χ1n) is 6.24. The van der Waals surface area contributed by atoms with Crippen LogP contribution in [0.5, 0.6) is 5.75 Å². The Balaban J connectivity index is 2.40. The minimum atomic E-state index is -0.399. The Morgan fingerprint density at radius 3 is 2.89 bits per heavy atom. The average molecular weight is 266 g/mol. The highest BCUT2D eigenvalue weighted by molar-refractivity contribution is 5.86. The number of nitrogens with zero attached hydrogens (tertiary/aromatic N) is 1. The number of hydrazone groups is 1. The largest absolute Gasteiger partial charge is 0.484 e. The number of benzene rings is 1. The van der Waals surface area contributed by atoms with Gasteiger partial charge < -0.3 is 4.74 Å². The van der Waals surface area contributed by atoms with Gasteiger partial charge in [-0.25, -0.2) is 9.82 Å². The summed E-state index contributed by atoms with van der Waals surface area (Å²) >= 11 is 0. The van der Waals surface area contributed by atoms with Crippen molar-refractivity contribution in [3.05, 3.63) is 30.1 Å². The van der Waals surface area contributed by atoms with E-state index < -0.39 is 5.82 Å². The lowest BCUT2D eigenvalue weighted by Crippen LogP contribution is -2.26. The van der Waals surface area contributed by atoms with Crippen LogP contribution in [0.2, 0.25) is 0 Å². The smallest absolute Gasteiger partial charge is 0.277 e. The number of ether oxygens (including phenoxy) is 1. The maximum Gasteiger partial charge on any atom is 0.277 e. The number of carbonyl (C=O) groups excluding carboxylic acids is 1. The summed E-state index contributed by atoms with van der Waals surface area (Å²) in [5.41, 5.74) is 3.28. The van der Waals surface area contributed by atoms with Gasteiger partial charge in [0.15, 0.2) is 6.61 Å². The predicted molar refractivity (Wildman–Crippen MR) is 72.6 cm³/mol. The molecule has 1 amide bonds. The summed E-state index contributed by atoms with van der Waals surface area (Å²) in [6.45, 7) is 5.76. The fourth-order valence-electron chi connectivity index (χ4n) is 1.29. The van der Waals surface area contributed by atoms with Gasteiger partial charge in [0.05, 0.1) is 0 Å². The molecule has 104 valence electrons. The molecule has 0 aliphatic heterocycles. The Morgan fingerprint density at radius 1 is 1.53 bits per heavy atom. The molecule has 0 radical (unpaired) electrons. The van der Waals surface area contributed by atoms with Gasteiger partial charge in [-0.1, -0.05) is 19.9 Å². The highest BCUT2D eigenvalue weighted by Gasteiger charge is 2.05. The maximum absolute atomic E-state index is 12.9. The topological polar surface area (TPSA) is 50.7 Å². The molecule has 0 aliphatic carbocycles. The number of hydrogen-bond donors (Lipinski definition) is 1. The molecule has 0 unspecified atom stereocenters. The second kappa shape index (κ2) is 7.51. The molecule has 0 saturated carbocycles. The molecule has 0 fully saturated rings. The average Bonchev–Trinajstić information content (AvgIpc) is 2.41. The lowest BCUT2D eigenvalue weighted by atomic mass is 10.1. The number of halogens is 1. The van der Waals surface area contributed by atoms with Crippen LogP contribution in [0.3, 0.4) is 0 Å². The monoisotopic (exact) mass is 266 g/mol. The number of carbonyl (C=O) groups is 1. The molecular formula is C14H19FN2O2. The van der Waals surface area contributed by atoms with Crippen molar-refractivity contribution in [3.8, 4) is 5.75 Å². The van der Waals surface area contributed by atoms with E-state index >= 15 is 0 Å². The van der Waals surface area contributed by atoms with E-state index in [1.165, 1.54) is 18.2 Å². The van der Waals surface area contributed by atoms with Gasteiger partial charge >= 0.3 is 0 Å². The van der Waals surface area contributed by atoms with Crippen molar-refractivity contribution < 1.29 is 13.9 Å². The highest BCUT2D eigenvalue weighted by atomic mass is 19.1. The lowest BCUT2D eigenvalue weighted by molar-refractivity contribution is -0.123. The van der Waals surface area contributed by atoms with Gasteiger partial charge in [0.1, 0.15) is 11.6 Å². The normalized spacial score (nSPS) is 12.9. The van der Waals surface area contributed by atoms with Gasteiger partial charge in [0, 0.05) is 11.8 Å². The summed E-state index contributed by atoms with van der Waals surface area (Å²) in [4.78, 5) is 11.5. The molecule has 1 aromatic carbocycles. The van der Waals surface area contributed by atoms with Gasteiger partial charge in [-0.15, -0.1) is 0 Å². The predicted octanol–water partition coefficient (Wildman–Crippen LogP) is 2.74. The third-order valence-electron chi connectivity index (χ3n) is 2.85. The summed E-state index contributed by atoms with van der Waals surface area (Å²) in [6, 6.07) is 5.64. The van der Waals surface area contributed by atoms with Crippen LogP contribution in [0.4, 0.5) is 4.39 Å². The zero-order valence-corrected chi connectivity index (χ0v) is 11.4. The third-order valence-corrected chi connectivity index (χ3v) is 2.85. The van der Waals surface area contributed by atoms with Crippen molar-refractivity contribution in [2.75, 3.05) is 6.61 Å². The molecule has 0 aromatic heterocycles. The molecule has 4 nitrogen and oxygen atoms in total. The fourth-order valence-corrected chi connectivity index (χ4v) is 1.29. The van der Waals surface area contributed by atoms with Crippen LogP contribution in [-0.2, 0) is 4.79 Å². The molecule has 19 heavy (non-hydrogen) atoms. The van der Waals surface area contributed by atoms with Gasteiger partial charge in [-0.2, -0.15) is 5.10 Å². The van der Waals surface area contributed by atoms with E-state index in [-0.39, 0.29) is 12.5 Å². The molecule has 1 aromatic rings. The SMILES string of the molecule is CC[C@@H](C)/C(C)=N\NC(=O)COc1cccc(F)c1. The second-order valence-corrected chi connectivity index (χ2v) is 4.34.